The molecule has 0 aromatic heterocycles. The molecule has 0 heterocycles. The second kappa shape index (κ2) is 7.76. The lowest BCUT2D eigenvalue weighted by Crippen LogP contribution is -2.09. The molecule has 1 aliphatic rings. The average molecular weight is 406 g/mol. The summed E-state index contributed by atoms with van der Waals surface area (Å²) in [5.41, 5.74) is 7.52. The van der Waals surface area contributed by atoms with E-state index in [0.717, 1.165) is 41.5 Å². The molecule has 0 saturated carbocycles. The van der Waals surface area contributed by atoms with Gasteiger partial charge in [-0.15, -0.1) is 0 Å². The fourth-order valence-corrected chi connectivity index (χ4v) is 4.35. The van der Waals surface area contributed by atoms with Crippen LogP contribution in [0.2, 0.25) is 0 Å². The van der Waals surface area contributed by atoms with Crippen LogP contribution in [-0.2, 0) is 22.9 Å². The first-order valence-electron chi connectivity index (χ1n) is 9.48. The van der Waals surface area contributed by atoms with Crippen LogP contribution >= 0.6 is 0 Å². The van der Waals surface area contributed by atoms with Crippen LogP contribution in [0.25, 0.3) is 11.6 Å². The highest BCUT2D eigenvalue weighted by Crippen LogP contribution is 2.36. The van der Waals surface area contributed by atoms with E-state index in [2.05, 4.69) is 47.2 Å². The Kier molecular flexibility index (Phi) is 5.16. The van der Waals surface area contributed by atoms with Gasteiger partial charge in [0.25, 0.3) is 0 Å². The van der Waals surface area contributed by atoms with Gasteiger partial charge in [0.2, 0.25) is 10.0 Å². The van der Waals surface area contributed by atoms with Gasteiger partial charge in [-0.05, 0) is 76.6 Å². The molecule has 0 fully saturated rings. The number of rotatable bonds is 4. The van der Waals surface area contributed by atoms with E-state index in [1.54, 1.807) is 13.2 Å². The third-order valence-electron chi connectivity index (χ3n) is 5.08. The van der Waals surface area contributed by atoms with Crippen molar-refractivity contribution in [3.8, 4) is 5.75 Å². The zero-order valence-electron chi connectivity index (χ0n) is 16.5. The molecule has 4 rings (SSSR count). The van der Waals surface area contributed by atoms with Crippen molar-refractivity contribution in [1.29, 1.82) is 0 Å². The first kappa shape index (κ1) is 19.3. The molecule has 0 amide bonds. The predicted octanol–water partition coefficient (Wildman–Crippen LogP) is 4.75. The molecule has 0 saturated heterocycles. The Balaban J connectivity index is 1.89. The van der Waals surface area contributed by atoms with Crippen LogP contribution < -0.4 is 9.46 Å². The molecular formula is C24H23NO3S. The second-order valence-electron chi connectivity index (χ2n) is 7.24. The van der Waals surface area contributed by atoms with Crippen molar-refractivity contribution >= 4 is 27.4 Å². The summed E-state index contributed by atoms with van der Waals surface area (Å²) in [5, 5.41) is 0. The molecule has 3 aromatic rings. The van der Waals surface area contributed by atoms with Crippen molar-refractivity contribution in [2.24, 2.45) is 0 Å². The highest BCUT2D eigenvalue weighted by molar-refractivity contribution is 7.92. The first-order chi connectivity index (χ1) is 13.9. The minimum Gasteiger partial charge on any atom is -0.497 e. The summed E-state index contributed by atoms with van der Waals surface area (Å²) in [7, 11) is -1.65. The van der Waals surface area contributed by atoms with Crippen molar-refractivity contribution in [3.05, 3.63) is 94.5 Å². The van der Waals surface area contributed by atoms with E-state index >= 15 is 0 Å². The van der Waals surface area contributed by atoms with Crippen molar-refractivity contribution in [2.45, 2.75) is 12.8 Å². The van der Waals surface area contributed by atoms with Crippen molar-refractivity contribution < 1.29 is 13.2 Å². The van der Waals surface area contributed by atoms with E-state index < -0.39 is 10.0 Å². The highest BCUT2D eigenvalue weighted by Gasteiger charge is 2.18. The van der Waals surface area contributed by atoms with Crippen LogP contribution in [0, 0.1) is 0 Å². The Morgan fingerprint density at radius 1 is 0.897 bits per heavy atom. The van der Waals surface area contributed by atoms with Crippen molar-refractivity contribution in [1.82, 2.24) is 0 Å². The number of anilines is 1. The number of ether oxygens (including phenoxy) is 1. The molecule has 0 radical (unpaired) electrons. The monoisotopic (exact) mass is 405 g/mol. The largest absolute Gasteiger partial charge is 0.497 e. The molecule has 1 aliphatic carbocycles. The summed E-state index contributed by atoms with van der Waals surface area (Å²) in [6.07, 6.45) is 5.21. The van der Waals surface area contributed by atoms with Gasteiger partial charge in [-0.2, -0.15) is 0 Å². The average Bonchev–Trinajstić information content (AvgIpc) is 2.84. The SMILES string of the molecule is COc1ccc2c(c1)/C(=C/c1cccc(NS(C)(=O)=O)c1)c1ccccc1CC2. The summed E-state index contributed by atoms with van der Waals surface area (Å²) < 4.78 is 31.2. The Labute approximate surface area is 171 Å². The third-order valence-corrected chi connectivity index (χ3v) is 5.69. The second-order valence-corrected chi connectivity index (χ2v) is 8.99. The quantitative estimate of drug-likeness (QED) is 0.681. The van der Waals surface area contributed by atoms with Crippen molar-refractivity contribution in [3.63, 3.8) is 0 Å². The minimum atomic E-state index is -3.33. The van der Waals surface area contributed by atoms with E-state index in [-0.39, 0.29) is 0 Å². The summed E-state index contributed by atoms with van der Waals surface area (Å²) >= 11 is 0. The molecule has 148 valence electrons. The Morgan fingerprint density at radius 2 is 1.66 bits per heavy atom. The lowest BCUT2D eigenvalue weighted by Gasteiger charge is -2.14. The topological polar surface area (TPSA) is 55.4 Å². The summed E-state index contributed by atoms with van der Waals surface area (Å²) in [4.78, 5) is 0. The number of methoxy groups -OCH3 is 1. The highest BCUT2D eigenvalue weighted by atomic mass is 32.2. The smallest absolute Gasteiger partial charge is 0.229 e. The molecule has 0 aliphatic heterocycles. The minimum absolute atomic E-state index is 0.551. The van der Waals surface area contributed by atoms with Crippen molar-refractivity contribution in [2.75, 3.05) is 18.1 Å². The fraction of sp³-hybridized carbons (Fsp3) is 0.167. The van der Waals surface area contributed by atoms with Crippen LogP contribution in [0.15, 0.2) is 66.7 Å². The molecule has 0 spiro atoms. The zero-order chi connectivity index (χ0) is 20.4. The van der Waals surface area contributed by atoms with Crippen LogP contribution in [0.3, 0.4) is 0 Å². The van der Waals surface area contributed by atoms with Gasteiger partial charge in [-0.25, -0.2) is 8.42 Å². The standard InChI is InChI=1S/C24H23NO3S/c1-28-21-13-12-19-11-10-18-7-3-4-9-22(18)24(23(19)16-21)15-17-6-5-8-20(14-17)25-29(2,26)27/h3-9,12-16,25H,10-11H2,1-2H3/b24-15+. The number of aryl methyl sites for hydroxylation is 2. The van der Waals surface area contributed by atoms with Crippen LogP contribution in [0.4, 0.5) is 5.69 Å². The molecule has 0 unspecified atom stereocenters. The molecule has 3 aromatic carbocycles. The maximum atomic E-state index is 11.6. The number of hydrogen-bond acceptors (Lipinski definition) is 3. The summed E-state index contributed by atoms with van der Waals surface area (Å²) in [6.45, 7) is 0. The Hall–Kier alpha value is -3.05. The normalized spacial score (nSPS) is 14.6. The van der Waals surface area contributed by atoms with E-state index in [4.69, 9.17) is 4.74 Å². The van der Waals surface area contributed by atoms with E-state index in [1.165, 1.54) is 16.7 Å². The van der Waals surface area contributed by atoms with Gasteiger partial charge in [-0.1, -0.05) is 42.5 Å². The zero-order valence-corrected chi connectivity index (χ0v) is 17.3. The van der Waals surface area contributed by atoms with Gasteiger partial charge in [0.1, 0.15) is 5.75 Å². The molecule has 0 bridgehead atoms. The number of nitrogens with one attached hydrogen (secondary N) is 1. The van der Waals surface area contributed by atoms with E-state index in [0.29, 0.717) is 5.69 Å². The molecule has 29 heavy (non-hydrogen) atoms. The fourth-order valence-electron chi connectivity index (χ4n) is 3.79. The maximum Gasteiger partial charge on any atom is 0.229 e. The van der Waals surface area contributed by atoms with E-state index in [1.807, 2.05) is 24.3 Å². The number of hydrogen-bond donors (Lipinski definition) is 1. The van der Waals surface area contributed by atoms with E-state index in [9.17, 15) is 8.42 Å². The van der Waals surface area contributed by atoms with Gasteiger partial charge >= 0.3 is 0 Å². The molecule has 5 heteroatoms. The molecular weight excluding hydrogens is 382 g/mol. The summed E-state index contributed by atoms with van der Waals surface area (Å²) in [5.74, 6) is 0.821. The Bertz CT molecular complexity index is 1200. The van der Waals surface area contributed by atoms with Gasteiger partial charge in [-0.3, -0.25) is 4.72 Å². The van der Waals surface area contributed by atoms with Crippen LogP contribution in [0.1, 0.15) is 27.8 Å². The number of benzene rings is 3. The molecule has 1 N–H and O–H groups in total. The van der Waals surface area contributed by atoms with Gasteiger partial charge in [0, 0.05) is 5.69 Å². The summed E-state index contributed by atoms with van der Waals surface area (Å²) in [6, 6.07) is 22.1. The Morgan fingerprint density at radius 3 is 2.41 bits per heavy atom. The number of fused-ring (bicyclic) bond motifs is 2. The number of sulfonamides is 1. The van der Waals surface area contributed by atoms with Gasteiger partial charge in [0.15, 0.2) is 0 Å². The first-order valence-corrected chi connectivity index (χ1v) is 11.4. The van der Waals surface area contributed by atoms with Gasteiger partial charge < -0.3 is 4.74 Å². The molecule has 4 nitrogen and oxygen atoms in total. The molecule has 0 atom stereocenters. The predicted molar refractivity (Wildman–Crippen MR) is 119 cm³/mol. The van der Waals surface area contributed by atoms with Crippen LogP contribution in [-0.4, -0.2) is 21.8 Å². The van der Waals surface area contributed by atoms with Crippen LogP contribution in [0.5, 0.6) is 5.75 Å². The maximum absolute atomic E-state index is 11.6. The lowest BCUT2D eigenvalue weighted by molar-refractivity contribution is 0.414. The third kappa shape index (κ3) is 4.35. The lowest BCUT2D eigenvalue weighted by atomic mass is 9.92. The van der Waals surface area contributed by atoms with Gasteiger partial charge in [0.05, 0.1) is 13.4 Å².